The molecule has 0 rings (SSSR count). The molecule has 0 aliphatic heterocycles. The number of carbonyl (C=O) groups is 2. The zero-order valence-corrected chi connectivity index (χ0v) is 58.5. The Labute approximate surface area is 549 Å². The first-order valence-electron chi connectivity index (χ1n) is 37.0. The summed E-state index contributed by atoms with van der Waals surface area (Å²) in [6.45, 7) is 3.64. The van der Waals surface area contributed by atoms with Crippen LogP contribution < -0.4 is 5.73 Å². The lowest BCUT2D eigenvalue weighted by Crippen LogP contribution is -2.29. The summed E-state index contributed by atoms with van der Waals surface area (Å²) in [6.07, 6.45) is 103. The highest BCUT2D eigenvalue weighted by atomic mass is 31.2. The molecule has 0 saturated heterocycles. The molecule has 0 saturated carbocycles. The number of rotatable bonds is 69. The zero-order valence-electron chi connectivity index (χ0n) is 57.6. The van der Waals surface area contributed by atoms with Crippen LogP contribution in [0.1, 0.15) is 335 Å². The molecule has 0 bridgehead atoms. The quantitative estimate of drug-likeness (QED) is 0.0264. The van der Waals surface area contributed by atoms with E-state index in [1.807, 2.05) is 0 Å². The van der Waals surface area contributed by atoms with Crippen LogP contribution in [0.25, 0.3) is 0 Å². The van der Waals surface area contributed by atoms with Gasteiger partial charge in [-0.05, 0) is 109 Å². The number of hydrogen-bond acceptors (Lipinski definition) is 8. The molecule has 0 heterocycles. The van der Waals surface area contributed by atoms with Crippen LogP contribution in [0, 0.1) is 0 Å². The van der Waals surface area contributed by atoms with Gasteiger partial charge in [-0.15, -0.1) is 0 Å². The van der Waals surface area contributed by atoms with Crippen LogP contribution >= 0.6 is 7.82 Å². The van der Waals surface area contributed by atoms with Crippen LogP contribution in [0.15, 0.2) is 122 Å². The van der Waals surface area contributed by atoms with E-state index in [0.717, 1.165) is 103 Å². The Kier molecular flexibility index (Phi) is 70.5. The van der Waals surface area contributed by atoms with E-state index >= 15 is 0 Å². The average molecular weight is 1260 g/mol. The fraction of sp³-hybridized carbons (Fsp3) is 0.722. The van der Waals surface area contributed by atoms with Gasteiger partial charge in [-0.1, -0.05) is 334 Å². The van der Waals surface area contributed by atoms with E-state index in [-0.39, 0.29) is 38.6 Å². The van der Waals surface area contributed by atoms with Gasteiger partial charge in [0, 0.05) is 19.4 Å². The Morgan fingerprint density at radius 3 is 0.921 bits per heavy atom. The van der Waals surface area contributed by atoms with E-state index in [0.29, 0.717) is 6.42 Å². The maximum absolute atomic E-state index is 12.8. The van der Waals surface area contributed by atoms with E-state index in [1.54, 1.807) is 0 Å². The van der Waals surface area contributed by atoms with Crippen LogP contribution in [0.5, 0.6) is 0 Å². The molecule has 2 atom stereocenters. The van der Waals surface area contributed by atoms with Crippen LogP contribution in [0.2, 0.25) is 0 Å². The van der Waals surface area contributed by atoms with Crippen molar-refractivity contribution in [1.29, 1.82) is 0 Å². The van der Waals surface area contributed by atoms with Crippen molar-refractivity contribution in [2.75, 3.05) is 26.4 Å². The van der Waals surface area contributed by atoms with Gasteiger partial charge in [-0.3, -0.25) is 18.6 Å². The van der Waals surface area contributed by atoms with Gasteiger partial charge in [0.2, 0.25) is 0 Å². The third-order valence-electron chi connectivity index (χ3n) is 15.8. The van der Waals surface area contributed by atoms with E-state index in [1.165, 1.54) is 199 Å². The Morgan fingerprint density at radius 1 is 0.348 bits per heavy atom. The molecule has 0 aliphatic carbocycles. The molecule has 0 aromatic carbocycles. The lowest BCUT2D eigenvalue weighted by atomic mass is 10.0. The predicted octanol–water partition coefficient (Wildman–Crippen LogP) is 24.6. The largest absolute Gasteiger partial charge is 0.472 e. The lowest BCUT2D eigenvalue weighted by molar-refractivity contribution is -0.161. The van der Waals surface area contributed by atoms with Gasteiger partial charge in [0.25, 0.3) is 0 Å². The first kappa shape index (κ1) is 85.4. The molecule has 10 heteroatoms. The summed E-state index contributed by atoms with van der Waals surface area (Å²) < 4.78 is 33.2. The Hall–Kier alpha value is -3.59. The Morgan fingerprint density at radius 2 is 0.618 bits per heavy atom. The van der Waals surface area contributed by atoms with Crippen LogP contribution in [-0.2, 0) is 32.7 Å². The highest BCUT2D eigenvalue weighted by Crippen LogP contribution is 2.43. The molecule has 3 N–H and O–H groups in total. The first-order chi connectivity index (χ1) is 43.8. The molecule has 0 aliphatic rings. The summed E-state index contributed by atoms with van der Waals surface area (Å²) in [6, 6.07) is 0. The molecule has 0 aromatic heterocycles. The summed E-state index contributed by atoms with van der Waals surface area (Å²) in [5, 5.41) is 0. The molecule has 2 unspecified atom stereocenters. The number of allylic oxidation sites excluding steroid dienone is 20. The summed E-state index contributed by atoms with van der Waals surface area (Å²) in [5.41, 5.74) is 5.41. The monoisotopic (exact) mass is 1260 g/mol. The highest BCUT2D eigenvalue weighted by molar-refractivity contribution is 7.47. The molecule has 512 valence electrons. The maximum atomic E-state index is 12.8. The smallest absolute Gasteiger partial charge is 0.462 e. The predicted molar refractivity (Wildman–Crippen MR) is 385 cm³/mol. The van der Waals surface area contributed by atoms with Crippen molar-refractivity contribution < 1.29 is 37.6 Å². The zero-order chi connectivity index (χ0) is 64.4. The van der Waals surface area contributed by atoms with Gasteiger partial charge in [-0.2, -0.15) is 0 Å². The fourth-order valence-electron chi connectivity index (χ4n) is 10.4. The molecule has 0 amide bonds. The van der Waals surface area contributed by atoms with E-state index in [9.17, 15) is 19.0 Å². The Bertz CT molecular complexity index is 1880. The van der Waals surface area contributed by atoms with E-state index < -0.39 is 26.5 Å². The van der Waals surface area contributed by atoms with E-state index in [4.69, 9.17) is 24.3 Å². The minimum absolute atomic E-state index is 0.0484. The van der Waals surface area contributed by atoms with Gasteiger partial charge in [-0.25, -0.2) is 4.57 Å². The SMILES string of the molecule is CC/C=C\C/C=C\C/C=C\C/C=C\C/C=C\C/C=C\C/C=C\CCCCCCCCCCCC(=O)OC(COC(=O)CCCCCCCCCCCCCCCCCCCCCCCC/C=C\C/C=C\C/C=C\CCCCCCC)COP(=O)(O)OCCN. The summed E-state index contributed by atoms with van der Waals surface area (Å²) >= 11 is 0. The van der Waals surface area contributed by atoms with Crippen molar-refractivity contribution in [3.63, 3.8) is 0 Å². The second-order valence-electron chi connectivity index (χ2n) is 24.4. The van der Waals surface area contributed by atoms with Crippen molar-refractivity contribution in [3.05, 3.63) is 122 Å². The number of esters is 2. The van der Waals surface area contributed by atoms with Crippen molar-refractivity contribution in [1.82, 2.24) is 0 Å². The van der Waals surface area contributed by atoms with Crippen LogP contribution in [0.4, 0.5) is 0 Å². The van der Waals surface area contributed by atoms with Crippen molar-refractivity contribution >= 4 is 19.8 Å². The van der Waals surface area contributed by atoms with E-state index in [2.05, 4.69) is 135 Å². The maximum Gasteiger partial charge on any atom is 0.472 e. The molecule has 0 radical (unpaired) electrons. The normalized spacial score (nSPS) is 13.6. The molecule has 9 nitrogen and oxygen atoms in total. The van der Waals surface area contributed by atoms with Crippen molar-refractivity contribution in [3.8, 4) is 0 Å². The van der Waals surface area contributed by atoms with Crippen molar-refractivity contribution in [2.24, 2.45) is 5.73 Å². The third-order valence-corrected chi connectivity index (χ3v) is 16.8. The second kappa shape index (κ2) is 73.5. The first-order valence-corrected chi connectivity index (χ1v) is 38.5. The average Bonchev–Trinajstić information content (AvgIpc) is 3.68. The number of phosphoric acid groups is 1. The van der Waals surface area contributed by atoms with Crippen molar-refractivity contribution in [2.45, 2.75) is 341 Å². The highest BCUT2D eigenvalue weighted by Gasteiger charge is 2.26. The topological polar surface area (TPSA) is 134 Å². The molecule has 89 heavy (non-hydrogen) atoms. The van der Waals surface area contributed by atoms with Gasteiger partial charge >= 0.3 is 19.8 Å². The fourth-order valence-corrected chi connectivity index (χ4v) is 11.2. The van der Waals surface area contributed by atoms with Gasteiger partial charge in [0.15, 0.2) is 6.10 Å². The number of unbranched alkanes of at least 4 members (excludes halogenated alkanes) is 36. The number of nitrogens with two attached hydrogens (primary N) is 1. The number of hydrogen-bond donors (Lipinski definition) is 2. The molecular weight excluding hydrogens is 1120 g/mol. The molecule has 0 aromatic rings. The second-order valence-corrected chi connectivity index (χ2v) is 25.9. The van der Waals surface area contributed by atoms with Gasteiger partial charge < -0.3 is 20.1 Å². The minimum Gasteiger partial charge on any atom is -0.462 e. The summed E-state index contributed by atoms with van der Waals surface area (Å²) in [5.74, 6) is -0.828. The van der Waals surface area contributed by atoms with Crippen LogP contribution in [-0.4, -0.2) is 49.3 Å². The summed E-state index contributed by atoms with van der Waals surface area (Å²) in [4.78, 5) is 35.4. The Balaban J connectivity index is 3.86. The molecular formula is C79H138NO8P. The summed E-state index contributed by atoms with van der Waals surface area (Å²) in [7, 11) is -4.40. The van der Waals surface area contributed by atoms with Gasteiger partial charge in [0.1, 0.15) is 6.61 Å². The minimum atomic E-state index is -4.40. The number of carbonyl (C=O) groups excluding carboxylic acids is 2. The molecule has 0 fully saturated rings. The van der Waals surface area contributed by atoms with Gasteiger partial charge in [0.05, 0.1) is 13.2 Å². The number of ether oxygens (including phenoxy) is 2. The van der Waals surface area contributed by atoms with Crippen LogP contribution in [0.3, 0.4) is 0 Å². The third kappa shape index (κ3) is 73.3. The lowest BCUT2D eigenvalue weighted by Gasteiger charge is -2.19. The number of phosphoric ester groups is 1. The standard InChI is InChI=1S/C79H138NO8P/c1-3-5-7-9-11-13-15-17-19-21-23-25-27-29-31-33-35-36-37-38-39-40-42-43-45-47-49-51-53-55-57-59-61-63-65-67-69-71-78(81)85-75-77(76-87-89(83,84)86-74-73-80)88-79(82)72-70-68-66-64-62-60-58-56-54-52-50-48-46-44-41-34-32-30-28-26-24-22-20-18-16-14-12-10-8-6-4-2/h6,8,12,14-15,17-18,20-21,23-24,26-27,29-30,32,41,44,48,50,77H,3-5,7,9-11,13,16,19,22,25,28,31,33-40,42-43,45-47,49,51-76,80H2,1-2H3,(H,83,84)/b8-6-,14-12-,17-15-,20-18-,23-21-,26-24-,29-27-,32-30-,44-41-,50-48-. The molecule has 0 spiro atoms.